The van der Waals surface area contributed by atoms with Gasteiger partial charge in [0.1, 0.15) is 0 Å². The molecule has 0 atom stereocenters. The van der Waals surface area contributed by atoms with E-state index in [0.29, 0.717) is 5.69 Å². The molecule has 0 bridgehead atoms. The molecule has 0 aliphatic carbocycles. The third-order valence-corrected chi connectivity index (χ3v) is 1.34. The first-order valence-corrected chi connectivity index (χ1v) is 3.89. The lowest BCUT2D eigenvalue weighted by atomic mass is 10.2. The molecule has 0 saturated heterocycles. The van der Waals surface area contributed by atoms with Gasteiger partial charge in [-0.3, -0.25) is 0 Å². The van der Waals surface area contributed by atoms with E-state index in [9.17, 15) is 4.79 Å². The molecule has 5 N–H and O–H groups in total. The third-order valence-electron chi connectivity index (χ3n) is 1.34. The predicted molar refractivity (Wildman–Crippen MR) is 55.9 cm³/mol. The number of rotatable bonds is 2. The summed E-state index contributed by atoms with van der Waals surface area (Å²) >= 11 is 0. The second-order valence-electron chi connectivity index (χ2n) is 2.13. The van der Waals surface area contributed by atoms with E-state index < -0.39 is 5.97 Å². The molecular formula is C9H13N3O2. The summed E-state index contributed by atoms with van der Waals surface area (Å²) in [5.41, 5.74) is 10.4. The Bertz CT molecular complexity index is 306. The number of benzene rings is 1. The molecule has 1 aromatic carbocycles. The van der Waals surface area contributed by atoms with Gasteiger partial charge in [0.15, 0.2) is 0 Å². The minimum atomic E-state index is -0.946. The molecule has 0 unspecified atom stereocenters. The van der Waals surface area contributed by atoms with Crippen LogP contribution in [-0.4, -0.2) is 24.5 Å². The molecular weight excluding hydrogens is 182 g/mol. The smallest absolute Gasteiger partial charge is 0.335 e. The Morgan fingerprint density at radius 1 is 1.36 bits per heavy atom. The molecule has 0 radical (unpaired) electrons. The number of carboxylic acids is 1. The summed E-state index contributed by atoms with van der Waals surface area (Å²) in [6.45, 7) is 0. The summed E-state index contributed by atoms with van der Waals surface area (Å²) in [5.74, 6) is -0.946. The minimum Gasteiger partial charge on any atom is -0.478 e. The Morgan fingerprint density at radius 3 is 2.21 bits per heavy atom. The number of aromatic carboxylic acids is 1. The molecule has 76 valence electrons. The van der Waals surface area contributed by atoms with Gasteiger partial charge < -0.3 is 16.6 Å². The van der Waals surface area contributed by atoms with E-state index >= 15 is 0 Å². The highest BCUT2D eigenvalue weighted by Gasteiger charge is 1.99. The van der Waals surface area contributed by atoms with Gasteiger partial charge >= 0.3 is 5.97 Å². The van der Waals surface area contributed by atoms with Crippen molar-refractivity contribution in [2.45, 2.75) is 0 Å². The molecule has 0 amide bonds. The molecule has 0 saturated carbocycles. The molecule has 1 rings (SSSR count). The molecule has 14 heavy (non-hydrogen) atoms. The number of aliphatic imine (C=N–C) groups is 1. The van der Waals surface area contributed by atoms with Crippen LogP contribution >= 0.6 is 0 Å². The maximum Gasteiger partial charge on any atom is 0.335 e. The average Bonchev–Trinajstić information content (AvgIpc) is 2.22. The summed E-state index contributed by atoms with van der Waals surface area (Å²) in [6, 6.07) is 6.13. The summed E-state index contributed by atoms with van der Waals surface area (Å²) in [7, 11) is 1.50. The Morgan fingerprint density at radius 2 is 1.86 bits per heavy atom. The number of carboxylic acid groups (broad SMARTS) is 1. The summed E-state index contributed by atoms with van der Waals surface area (Å²) in [5, 5.41) is 8.54. The summed E-state index contributed by atoms with van der Waals surface area (Å²) in [4.78, 5) is 14.2. The van der Waals surface area contributed by atoms with E-state index in [1.165, 1.54) is 19.2 Å². The summed E-state index contributed by atoms with van der Waals surface area (Å²) < 4.78 is 0. The summed E-state index contributed by atoms with van der Waals surface area (Å²) in [6.07, 6.45) is 1.16. The van der Waals surface area contributed by atoms with Gasteiger partial charge in [-0.1, -0.05) is 0 Å². The Balaban J connectivity index is 0.000000791. The lowest BCUT2D eigenvalue weighted by Crippen LogP contribution is -1.94. The van der Waals surface area contributed by atoms with E-state index in [4.69, 9.17) is 10.8 Å². The van der Waals surface area contributed by atoms with Crippen LogP contribution in [0.1, 0.15) is 10.4 Å². The molecule has 0 aromatic heterocycles. The van der Waals surface area contributed by atoms with Crippen molar-refractivity contribution in [3.05, 3.63) is 29.8 Å². The Labute approximate surface area is 82.1 Å². The van der Waals surface area contributed by atoms with Crippen LogP contribution in [0.15, 0.2) is 29.3 Å². The van der Waals surface area contributed by atoms with Crippen LogP contribution in [-0.2, 0) is 0 Å². The zero-order valence-corrected chi connectivity index (χ0v) is 7.84. The minimum absolute atomic E-state index is 0.242. The number of carbonyl (C=O) groups is 1. The number of nitrogens with two attached hydrogens (primary N) is 2. The second kappa shape index (κ2) is 6.62. The molecule has 0 aliphatic rings. The lowest BCUT2D eigenvalue weighted by molar-refractivity contribution is 0.0697. The predicted octanol–water partition coefficient (Wildman–Crippen LogP) is 0.578. The second-order valence-corrected chi connectivity index (χ2v) is 2.13. The van der Waals surface area contributed by atoms with E-state index in [2.05, 4.69) is 10.7 Å². The van der Waals surface area contributed by atoms with Gasteiger partial charge in [-0.2, -0.15) is 0 Å². The van der Waals surface area contributed by atoms with Crippen molar-refractivity contribution in [1.29, 1.82) is 0 Å². The number of hydrogen-bond donors (Lipinski definition) is 3. The number of hydrogen-bond acceptors (Lipinski definition) is 3. The van der Waals surface area contributed by atoms with Gasteiger partial charge in [-0.25, -0.2) is 9.79 Å². The normalized spacial score (nSPS) is 9.29. The van der Waals surface area contributed by atoms with E-state index in [1.807, 2.05) is 0 Å². The largest absolute Gasteiger partial charge is 0.478 e. The van der Waals surface area contributed by atoms with Crippen molar-refractivity contribution in [2.75, 3.05) is 7.05 Å². The van der Waals surface area contributed by atoms with Crippen molar-refractivity contribution in [1.82, 2.24) is 0 Å². The Kier molecular flexibility index (Phi) is 5.73. The highest BCUT2D eigenvalue weighted by atomic mass is 16.4. The fraction of sp³-hybridized carbons (Fsp3) is 0.111. The molecule has 0 fully saturated rings. The van der Waals surface area contributed by atoms with Gasteiger partial charge in [-0.05, 0) is 31.3 Å². The maximum absolute atomic E-state index is 10.4. The number of nitrogens with zero attached hydrogens (tertiary/aromatic N) is 1. The highest BCUT2D eigenvalue weighted by Crippen LogP contribution is 2.11. The zero-order valence-electron chi connectivity index (χ0n) is 7.84. The van der Waals surface area contributed by atoms with Gasteiger partial charge in [0.2, 0.25) is 0 Å². The van der Waals surface area contributed by atoms with Crippen LogP contribution in [0.5, 0.6) is 0 Å². The van der Waals surface area contributed by atoms with E-state index in [0.717, 1.165) is 6.34 Å². The molecule has 0 aliphatic heterocycles. The zero-order chi connectivity index (χ0) is 11.0. The Hall–Kier alpha value is -1.88. The third kappa shape index (κ3) is 3.68. The van der Waals surface area contributed by atoms with Crippen molar-refractivity contribution < 1.29 is 9.90 Å². The van der Waals surface area contributed by atoms with Gasteiger partial charge in [0, 0.05) is 0 Å². The monoisotopic (exact) mass is 195 g/mol. The van der Waals surface area contributed by atoms with Gasteiger partial charge in [0.05, 0.1) is 17.6 Å². The van der Waals surface area contributed by atoms with E-state index in [1.54, 1.807) is 12.1 Å². The average molecular weight is 195 g/mol. The van der Waals surface area contributed by atoms with Gasteiger partial charge in [-0.15, -0.1) is 0 Å². The first-order chi connectivity index (χ1) is 6.74. The maximum atomic E-state index is 10.4. The van der Waals surface area contributed by atoms with Crippen LogP contribution in [0.25, 0.3) is 0 Å². The van der Waals surface area contributed by atoms with Crippen LogP contribution < -0.4 is 11.5 Å². The van der Waals surface area contributed by atoms with Gasteiger partial charge in [0.25, 0.3) is 0 Å². The van der Waals surface area contributed by atoms with Crippen LogP contribution in [0.2, 0.25) is 0 Å². The standard InChI is InChI=1S/C8H8N2O2.CH5N/c9-5-10-7-3-1-6(2-4-7)8(11)12;1-2/h1-5H,(H2,9,10)(H,11,12);2H2,1H3. The van der Waals surface area contributed by atoms with Crippen molar-refractivity contribution in [3.63, 3.8) is 0 Å². The van der Waals surface area contributed by atoms with Crippen molar-refractivity contribution in [2.24, 2.45) is 16.5 Å². The SMILES string of the molecule is CN.NC=Nc1ccc(C(=O)O)cc1. The fourth-order valence-corrected chi connectivity index (χ4v) is 0.776. The quantitative estimate of drug-likeness (QED) is 0.474. The molecule has 5 heteroatoms. The van der Waals surface area contributed by atoms with Crippen LogP contribution in [0.3, 0.4) is 0 Å². The molecule has 0 spiro atoms. The highest BCUT2D eigenvalue weighted by molar-refractivity contribution is 5.87. The molecule has 1 aromatic rings. The molecule has 0 heterocycles. The van der Waals surface area contributed by atoms with Crippen LogP contribution in [0.4, 0.5) is 5.69 Å². The van der Waals surface area contributed by atoms with Crippen LogP contribution in [0, 0.1) is 0 Å². The van der Waals surface area contributed by atoms with Crippen molar-refractivity contribution in [3.8, 4) is 0 Å². The first-order valence-electron chi connectivity index (χ1n) is 3.89. The first kappa shape index (κ1) is 12.1. The van der Waals surface area contributed by atoms with E-state index in [-0.39, 0.29) is 5.56 Å². The topological polar surface area (TPSA) is 102 Å². The fourth-order valence-electron chi connectivity index (χ4n) is 0.776. The van der Waals surface area contributed by atoms with Crippen molar-refractivity contribution >= 4 is 18.0 Å². The lowest BCUT2D eigenvalue weighted by Gasteiger charge is -1.93. The molecule has 5 nitrogen and oxygen atoms in total.